The molecule has 0 saturated carbocycles. The van der Waals surface area contributed by atoms with Crippen LogP contribution in [0.3, 0.4) is 0 Å². The summed E-state index contributed by atoms with van der Waals surface area (Å²) in [5.41, 5.74) is 0.848. The molecule has 1 aliphatic rings. The molecule has 1 heterocycles. The predicted molar refractivity (Wildman–Crippen MR) is 63.5 cm³/mol. The molecule has 0 spiro atoms. The molecule has 0 amide bonds. The highest BCUT2D eigenvalue weighted by atomic mass is 32.2. The summed E-state index contributed by atoms with van der Waals surface area (Å²) in [6.45, 7) is 2.65. The third kappa shape index (κ3) is 2.81. The first kappa shape index (κ1) is 11.6. The van der Waals surface area contributed by atoms with Gasteiger partial charge in [-0.15, -0.1) is 0 Å². The van der Waals surface area contributed by atoms with Crippen molar-refractivity contribution in [2.45, 2.75) is 5.75 Å². The summed E-state index contributed by atoms with van der Waals surface area (Å²) in [7, 11) is -3.14. The molecule has 0 bridgehead atoms. The molecule has 1 aromatic rings. The lowest BCUT2D eigenvalue weighted by Gasteiger charge is -2.26. The van der Waals surface area contributed by atoms with E-state index in [0.29, 0.717) is 13.1 Å². The number of nitrogens with one attached hydrogen (secondary N) is 1. The van der Waals surface area contributed by atoms with Crippen LogP contribution in [0.2, 0.25) is 0 Å². The van der Waals surface area contributed by atoms with Crippen LogP contribution in [0.25, 0.3) is 0 Å². The van der Waals surface area contributed by atoms with E-state index in [2.05, 4.69) is 5.32 Å². The van der Waals surface area contributed by atoms with E-state index in [0.717, 1.165) is 18.7 Å². The standard InChI is InChI=1S/C11H16N2O2S/c14-16(15,13-8-6-12-7-9-13)10-11-4-2-1-3-5-11/h1-5,12H,6-10H2. The minimum atomic E-state index is -3.14. The van der Waals surface area contributed by atoms with Gasteiger partial charge in [-0.05, 0) is 5.56 Å². The molecule has 1 aromatic carbocycles. The average Bonchev–Trinajstić information content (AvgIpc) is 2.31. The van der Waals surface area contributed by atoms with E-state index in [1.54, 1.807) is 4.31 Å². The van der Waals surface area contributed by atoms with Gasteiger partial charge in [-0.2, -0.15) is 4.31 Å². The zero-order valence-electron chi connectivity index (χ0n) is 9.09. The summed E-state index contributed by atoms with van der Waals surface area (Å²) >= 11 is 0. The Labute approximate surface area is 96.3 Å². The van der Waals surface area contributed by atoms with Crippen LogP contribution in [-0.4, -0.2) is 38.9 Å². The van der Waals surface area contributed by atoms with Crippen molar-refractivity contribution in [3.05, 3.63) is 35.9 Å². The van der Waals surface area contributed by atoms with Crippen molar-refractivity contribution in [3.63, 3.8) is 0 Å². The van der Waals surface area contributed by atoms with Crippen molar-refractivity contribution in [2.75, 3.05) is 26.2 Å². The fraction of sp³-hybridized carbons (Fsp3) is 0.455. The van der Waals surface area contributed by atoms with Gasteiger partial charge in [-0.1, -0.05) is 30.3 Å². The second-order valence-electron chi connectivity index (χ2n) is 3.89. The average molecular weight is 240 g/mol. The Morgan fingerprint density at radius 1 is 1.12 bits per heavy atom. The van der Waals surface area contributed by atoms with Gasteiger partial charge < -0.3 is 5.32 Å². The quantitative estimate of drug-likeness (QED) is 0.833. The highest BCUT2D eigenvalue weighted by molar-refractivity contribution is 7.88. The van der Waals surface area contributed by atoms with Crippen LogP contribution in [0.1, 0.15) is 5.56 Å². The molecular weight excluding hydrogens is 224 g/mol. The van der Waals surface area contributed by atoms with Crippen LogP contribution in [0.5, 0.6) is 0 Å². The van der Waals surface area contributed by atoms with Gasteiger partial charge in [0.15, 0.2) is 0 Å². The highest BCUT2D eigenvalue weighted by Gasteiger charge is 2.23. The number of rotatable bonds is 3. The first-order valence-corrected chi connectivity index (χ1v) is 7.02. The zero-order chi connectivity index (χ0) is 11.4. The molecule has 88 valence electrons. The molecule has 1 saturated heterocycles. The molecule has 0 atom stereocenters. The summed E-state index contributed by atoms with van der Waals surface area (Å²) < 4.78 is 25.7. The molecule has 1 N–H and O–H groups in total. The van der Waals surface area contributed by atoms with Crippen LogP contribution in [-0.2, 0) is 15.8 Å². The summed E-state index contributed by atoms with van der Waals surface area (Å²) in [5, 5.41) is 3.14. The second-order valence-corrected chi connectivity index (χ2v) is 5.86. The Hall–Kier alpha value is -0.910. The fourth-order valence-corrected chi connectivity index (χ4v) is 3.33. The number of nitrogens with zero attached hydrogens (tertiary/aromatic N) is 1. The summed E-state index contributed by atoms with van der Waals surface area (Å²) in [6.07, 6.45) is 0. The minimum Gasteiger partial charge on any atom is -0.314 e. The summed E-state index contributed by atoms with van der Waals surface area (Å²) in [4.78, 5) is 0. The molecule has 16 heavy (non-hydrogen) atoms. The Morgan fingerprint density at radius 3 is 2.38 bits per heavy atom. The predicted octanol–water partition coefficient (Wildman–Crippen LogP) is 0.422. The van der Waals surface area contributed by atoms with E-state index in [-0.39, 0.29) is 5.75 Å². The van der Waals surface area contributed by atoms with Gasteiger partial charge in [0.25, 0.3) is 0 Å². The lowest BCUT2D eigenvalue weighted by Crippen LogP contribution is -2.46. The Bertz CT molecular complexity index is 425. The Kier molecular flexibility index (Phi) is 3.58. The van der Waals surface area contributed by atoms with Gasteiger partial charge in [0.2, 0.25) is 10.0 Å². The van der Waals surface area contributed by atoms with Crippen molar-refractivity contribution in [1.82, 2.24) is 9.62 Å². The van der Waals surface area contributed by atoms with Crippen molar-refractivity contribution in [3.8, 4) is 0 Å². The number of sulfonamides is 1. The van der Waals surface area contributed by atoms with Crippen LogP contribution in [0, 0.1) is 0 Å². The molecule has 0 radical (unpaired) electrons. The van der Waals surface area contributed by atoms with Gasteiger partial charge in [0.05, 0.1) is 5.75 Å². The normalized spacial score (nSPS) is 18.5. The first-order valence-electron chi connectivity index (χ1n) is 5.41. The third-order valence-electron chi connectivity index (χ3n) is 2.66. The van der Waals surface area contributed by atoms with E-state index in [1.807, 2.05) is 30.3 Å². The molecular formula is C11H16N2O2S. The lowest BCUT2D eigenvalue weighted by atomic mass is 10.2. The zero-order valence-corrected chi connectivity index (χ0v) is 9.91. The monoisotopic (exact) mass is 240 g/mol. The van der Waals surface area contributed by atoms with Crippen molar-refractivity contribution in [1.29, 1.82) is 0 Å². The molecule has 5 heteroatoms. The molecule has 1 fully saturated rings. The van der Waals surface area contributed by atoms with E-state index >= 15 is 0 Å². The van der Waals surface area contributed by atoms with E-state index in [1.165, 1.54) is 0 Å². The molecule has 2 rings (SSSR count). The maximum Gasteiger partial charge on any atom is 0.218 e. The maximum atomic E-state index is 12.1. The van der Waals surface area contributed by atoms with Crippen molar-refractivity contribution < 1.29 is 8.42 Å². The largest absolute Gasteiger partial charge is 0.314 e. The maximum absolute atomic E-state index is 12.1. The van der Waals surface area contributed by atoms with Crippen LogP contribution < -0.4 is 5.32 Å². The van der Waals surface area contributed by atoms with Gasteiger partial charge in [-0.3, -0.25) is 0 Å². The first-order chi connectivity index (χ1) is 7.68. The fourth-order valence-electron chi connectivity index (χ4n) is 1.80. The minimum absolute atomic E-state index is 0.105. The molecule has 1 aliphatic heterocycles. The lowest BCUT2D eigenvalue weighted by molar-refractivity contribution is 0.360. The topological polar surface area (TPSA) is 49.4 Å². The second kappa shape index (κ2) is 4.95. The van der Waals surface area contributed by atoms with Gasteiger partial charge in [0.1, 0.15) is 0 Å². The Balaban J connectivity index is 2.08. The van der Waals surface area contributed by atoms with Gasteiger partial charge in [0, 0.05) is 26.2 Å². The van der Waals surface area contributed by atoms with E-state index in [9.17, 15) is 8.42 Å². The SMILES string of the molecule is O=S(=O)(Cc1ccccc1)N1CCNCC1. The molecule has 4 nitrogen and oxygen atoms in total. The van der Waals surface area contributed by atoms with Crippen LogP contribution >= 0.6 is 0 Å². The van der Waals surface area contributed by atoms with E-state index < -0.39 is 10.0 Å². The smallest absolute Gasteiger partial charge is 0.218 e. The van der Waals surface area contributed by atoms with Crippen LogP contribution in [0.15, 0.2) is 30.3 Å². The van der Waals surface area contributed by atoms with E-state index in [4.69, 9.17) is 0 Å². The number of benzene rings is 1. The third-order valence-corrected chi connectivity index (χ3v) is 4.51. The van der Waals surface area contributed by atoms with Gasteiger partial charge >= 0.3 is 0 Å². The number of piperazine rings is 1. The van der Waals surface area contributed by atoms with Crippen molar-refractivity contribution in [2.24, 2.45) is 0 Å². The molecule has 0 aliphatic carbocycles. The van der Waals surface area contributed by atoms with Crippen molar-refractivity contribution >= 4 is 10.0 Å². The van der Waals surface area contributed by atoms with Gasteiger partial charge in [-0.25, -0.2) is 8.42 Å². The molecule has 0 aromatic heterocycles. The number of hydrogen-bond acceptors (Lipinski definition) is 3. The molecule has 0 unspecified atom stereocenters. The summed E-state index contributed by atoms with van der Waals surface area (Å²) in [6, 6.07) is 9.31. The summed E-state index contributed by atoms with van der Waals surface area (Å²) in [5.74, 6) is 0.105. The number of hydrogen-bond donors (Lipinski definition) is 1. The Morgan fingerprint density at radius 2 is 1.75 bits per heavy atom. The van der Waals surface area contributed by atoms with Crippen LogP contribution in [0.4, 0.5) is 0 Å². The highest BCUT2D eigenvalue weighted by Crippen LogP contribution is 2.11.